The van der Waals surface area contributed by atoms with E-state index in [1.807, 2.05) is 79.7 Å². The van der Waals surface area contributed by atoms with E-state index < -0.39 is 0 Å². The van der Waals surface area contributed by atoms with Crippen LogP contribution in [0.2, 0.25) is 0 Å². The smallest absolute Gasteiger partial charge is 0.308 e. The van der Waals surface area contributed by atoms with E-state index in [1.54, 1.807) is 14.0 Å². The first kappa shape index (κ1) is 33.8. The van der Waals surface area contributed by atoms with Gasteiger partial charge in [-0.25, -0.2) is 0 Å². The van der Waals surface area contributed by atoms with Crippen molar-refractivity contribution in [1.82, 2.24) is 0 Å². The average molecular weight is 481 g/mol. The molecule has 0 atom stereocenters. The summed E-state index contributed by atoms with van der Waals surface area (Å²) in [6, 6.07) is 27.7. The Labute approximate surface area is 213 Å². The number of carbonyl (C=O) groups excluding carboxylic acids is 2. The molecule has 0 aliphatic carbocycles. The van der Waals surface area contributed by atoms with Crippen LogP contribution in [0, 0.1) is 0 Å². The molecule has 3 aromatic rings. The van der Waals surface area contributed by atoms with E-state index in [2.05, 4.69) is 26.0 Å². The first-order valence-electron chi connectivity index (χ1n) is 11.1. The van der Waals surface area contributed by atoms with Crippen LogP contribution < -0.4 is 9.47 Å². The molecule has 35 heavy (non-hydrogen) atoms. The second-order valence-corrected chi connectivity index (χ2v) is 8.08. The van der Waals surface area contributed by atoms with Crippen LogP contribution in [0.1, 0.15) is 73.4 Å². The zero-order chi connectivity index (χ0) is 24.7. The molecular formula is C31H44O4. The summed E-state index contributed by atoms with van der Waals surface area (Å²) in [4.78, 5) is 21.0. The molecule has 0 saturated heterocycles. The van der Waals surface area contributed by atoms with Gasteiger partial charge < -0.3 is 14.3 Å². The Morgan fingerprint density at radius 3 is 1.34 bits per heavy atom. The minimum Gasteiger partial charge on any atom is -0.497 e. The van der Waals surface area contributed by atoms with Gasteiger partial charge in [-0.15, -0.1) is 0 Å². The Morgan fingerprint density at radius 2 is 1.09 bits per heavy atom. The number of ether oxygens (including phenoxy) is 2. The molecule has 0 aromatic heterocycles. The molecule has 0 amide bonds. The van der Waals surface area contributed by atoms with Crippen molar-refractivity contribution in [1.29, 1.82) is 0 Å². The van der Waals surface area contributed by atoms with Gasteiger partial charge in [0.25, 0.3) is 0 Å². The third kappa shape index (κ3) is 13.2. The van der Waals surface area contributed by atoms with E-state index in [4.69, 9.17) is 9.47 Å². The Kier molecular flexibility index (Phi) is 17.4. The van der Waals surface area contributed by atoms with E-state index in [9.17, 15) is 9.59 Å². The van der Waals surface area contributed by atoms with Crippen LogP contribution in [-0.4, -0.2) is 18.9 Å². The fraction of sp³-hybridized carbons (Fsp3) is 0.355. The minimum atomic E-state index is -0.308. The predicted molar refractivity (Wildman–Crippen MR) is 148 cm³/mol. The number of carbonyl (C=O) groups is 2. The highest BCUT2D eigenvalue weighted by atomic mass is 16.5. The molecule has 0 fully saturated rings. The van der Waals surface area contributed by atoms with Crippen molar-refractivity contribution >= 4 is 11.8 Å². The van der Waals surface area contributed by atoms with Gasteiger partial charge in [-0.1, -0.05) is 96.3 Å². The Balaban J connectivity index is 0. The lowest BCUT2D eigenvalue weighted by atomic mass is 9.78. The molecular weight excluding hydrogens is 436 g/mol. The number of methoxy groups -OCH3 is 1. The number of benzene rings is 3. The second kappa shape index (κ2) is 18.0. The summed E-state index contributed by atoms with van der Waals surface area (Å²) < 4.78 is 10.3. The number of hydrogen-bond acceptors (Lipinski definition) is 4. The third-order valence-electron chi connectivity index (χ3n) is 4.92. The molecule has 3 aromatic carbocycles. The molecule has 0 N–H and O–H groups in total. The van der Waals surface area contributed by atoms with Crippen molar-refractivity contribution in [3.63, 3.8) is 0 Å². The van der Waals surface area contributed by atoms with Gasteiger partial charge >= 0.3 is 5.97 Å². The minimum absolute atomic E-state index is 0. The van der Waals surface area contributed by atoms with Crippen molar-refractivity contribution in [3.8, 4) is 11.5 Å². The molecule has 3 rings (SSSR count). The first-order chi connectivity index (χ1) is 15.7. The van der Waals surface area contributed by atoms with Crippen LogP contribution in [-0.2, 0) is 15.0 Å². The monoisotopic (exact) mass is 480 g/mol. The highest BCUT2D eigenvalue weighted by molar-refractivity contribution is 5.75. The summed E-state index contributed by atoms with van der Waals surface area (Å²) in [7, 11) is 1.66. The van der Waals surface area contributed by atoms with Gasteiger partial charge in [-0.05, 0) is 48.7 Å². The number of ketones is 1. The van der Waals surface area contributed by atoms with E-state index in [0.29, 0.717) is 5.75 Å². The molecule has 0 heterocycles. The molecule has 0 aliphatic heterocycles. The summed E-state index contributed by atoms with van der Waals surface area (Å²) >= 11 is 0. The summed E-state index contributed by atoms with van der Waals surface area (Å²) in [6.45, 7) is 9.34. The molecule has 0 unspecified atom stereocenters. The molecule has 0 radical (unpaired) electrons. The van der Waals surface area contributed by atoms with Crippen molar-refractivity contribution in [2.24, 2.45) is 0 Å². The maximum Gasteiger partial charge on any atom is 0.308 e. The fourth-order valence-electron chi connectivity index (χ4n) is 3.02. The van der Waals surface area contributed by atoms with Crippen LogP contribution in [0.4, 0.5) is 0 Å². The van der Waals surface area contributed by atoms with Gasteiger partial charge in [-0.2, -0.15) is 0 Å². The van der Waals surface area contributed by atoms with Crippen molar-refractivity contribution in [2.45, 2.75) is 67.7 Å². The number of rotatable bonds is 6. The maximum absolute atomic E-state index is 10.9. The lowest BCUT2D eigenvalue weighted by molar-refractivity contribution is -0.131. The van der Waals surface area contributed by atoms with Gasteiger partial charge in [0.15, 0.2) is 0 Å². The zero-order valence-electron chi connectivity index (χ0n) is 20.6. The largest absolute Gasteiger partial charge is 0.497 e. The fourth-order valence-corrected chi connectivity index (χ4v) is 3.02. The predicted octanol–water partition coefficient (Wildman–Crippen LogP) is 8.28. The van der Waals surface area contributed by atoms with Gasteiger partial charge in [0.2, 0.25) is 0 Å². The summed E-state index contributed by atoms with van der Waals surface area (Å²) in [5.74, 6) is 1.39. The molecule has 0 spiro atoms. The highest BCUT2D eigenvalue weighted by Crippen LogP contribution is 2.33. The lowest BCUT2D eigenvalue weighted by Gasteiger charge is -2.26. The Bertz CT molecular complexity index is 917. The highest BCUT2D eigenvalue weighted by Gasteiger charge is 2.23. The van der Waals surface area contributed by atoms with Crippen LogP contribution in [0.15, 0.2) is 84.9 Å². The normalized spacial score (nSPS) is 9.43. The van der Waals surface area contributed by atoms with E-state index in [1.165, 1.54) is 12.5 Å². The van der Waals surface area contributed by atoms with Crippen LogP contribution in [0.3, 0.4) is 0 Å². The first-order valence-corrected chi connectivity index (χ1v) is 11.1. The van der Waals surface area contributed by atoms with Gasteiger partial charge in [0.1, 0.15) is 17.3 Å². The molecule has 192 valence electrons. The van der Waals surface area contributed by atoms with E-state index >= 15 is 0 Å². The van der Waals surface area contributed by atoms with Gasteiger partial charge in [-0.3, -0.25) is 4.79 Å². The van der Waals surface area contributed by atoms with E-state index in [0.717, 1.165) is 24.2 Å². The molecule has 4 heteroatoms. The quantitative estimate of drug-likeness (QED) is 0.263. The summed E-state index contributed by atoms with van der Waals surface area (Å²) in [6.07, 6.45) is 1.72. The summed E-state index contributed by atoms with van der Waals surface area (Å²) in [5, 5.41) is 0. The summed E-state index contributed by atoms with van der Waals surface area (Å²) in [5.41, 5.74) is 2.22. The number of hydrogen-bond donors (Lipinski definition) is 0. The topological polar surface area (TPSA) is 52.6 Å². The molecule has 4 nitrogen and oxygen atoms in total. The standard InChI is InChI=1S/C18H20O3.C6H6.C5H10O.2CH4/c1-13(19)21-17-11-7-15(8-12-17)18(2,3)14-5-9-16(20-4)10-6-14;1-2-4-6-5-3-1;1-3-4-5(2)6;;/h5-12H,1-4H3;1-6H;3-4H2,1-2H3;2*1H4. The Morgan fingerprint density at radius 1 is 0.714 bits per heavy atom. The average Bonchev–Trinajstić information content (AvgIpc) is 2.81. The van der Waals surface area contributed by atoms with Crippen molar-refractivity contribution < 1.29 is 19.1 Å². The van der Waals surface area contributed by atoms with Crippen molar-refractivity contribution in [3.05, 3.63) is 96.1 Å². The number of esters is 1. The van der Waals surface area contributed by atoms with E-state index in [-0.39, 0.29) is 32.0 Å². The van der Waals surface area contributed by atoms with Gasteiger partial charge in [0, 0.05) is 18.8 Å². The Hall–Kier alpha value is -3.40. The lowest BCUT2D eigenvalue weighted by Crippen LogP contribution is -2.18. The van der Waals surface area contributed by atoms with Crippen LogP contribution in [0.25, 0.3) is 0 Å². The van der Waals surface area contributed by atoms with Crippen LogP contribution >= 0.6 is 0 Å². The van der Waals surface area contributed by atoms with Gasteiger partial charge in [0.05, 0.1) is 7.11 Å². The molecule has 0 aliphatic rings. The maximum atomic E-state index is 10.9. The number of Topliss-reactive ketones (excluding diaryl/α,β-unsaturated/α-hetero) is 1. The zero-order valence-corrected chi connectivity index (χ0v) is 20.6. The SMILES string of the molecule is C.C.CCCC(C)=O.COc1ccc(C(C)(C)c2ccc(OC(C)=O)cc2)cc1.c1ccccc1. The molecule has 0 bridgehead atoms. The third-order valence-corrected chi connectivity index (χ3v) is 4.92. The van der Waals surface area contributed by atoms with Crippen LogP contribution in [0.5, 0.6) is 11.5 Å². The second-order valence-electron chi connectivity index (χ2n) is 8.08. The molecule has 0 saturated carbocycles. The van der Waals surface area contributed by atoms with Crippen molar-refractivity contribution in [2.75, 3.05) is 7.11 Å².